The monoisotopic (exact) mass is 299 g/mol. The number of hydrogen-bond acceptors (Lipinski definition) is 3. The molecule has 0 radical (unpaired) electrons. The first kappa shape index (κ1) is 15.5. The second-order valence-corrected chi connectivity index (χ2v) is 4.54. The number of aliphatic hydroxyl groups is 1. The molecule has 2 rings (SSSR count). The number of halogens is 1. The van der Waals surface area contributed by atoms with Gasteiger partial charge in [-0.2, -0.15) is 5.26 Å². The Morgan fingerprint density at radius 3 is 2.64 bits per heavy atom. The van der Waals surface area contributed by atoms with Crippen LogP contribution in [-0.4, -0.2) is 11.1 Å². The van der Waals surface area contributed by atoms with E-state index in [0.717, 1.165) is 23.3 Å². The summed E-state index contributed by atoms with van der Waals surface area (Å²) in [7, 11) is 0. The Bertz CT molecular complexity index is 726. The Kier molecular flexibility index (Phi) is 5.07. The van der Waals surface area contributed by atoms with E-state index in [1.54, 1.807) is 18.2 Å². The first-order valence-electron chi connectivity index (χ1n) is 6.56. The molecule has 2 amide bonds. The van der Waals surface area contributed by atoms with Gasteiger partial charge in [-0.05, 0) is 29.3 Å². The lowest BCUT2D eigenvalue weighted by Crippen LogP contribution is -2.28. The van der Waals surface area contributed by atoms with Crippen LogP contribution in [0.5, 0.6) is 0 Å². The van der Waals surface area contributed by atoms with Crippen LogP contribution in [0.25, 0.3) is 0 Å². The number of hydrogen-bond donors (Lipinski definition) is 3. The number of nitrogens with one attached hydrogen (secondary N) is 2. The van der Waals surface area contributed by atoms with E-state index < -0.39 is 11.8 Å². The third-order valence-electron chi connectivity index (χ3n) is 3.08. The van der Waals surface area contributed by atoms with Gasteiger partial charge in [0.1, 0.15) is 11.9 Å². The van der Waals surface area contributed by atoms with Gasteiger partial charge < -0.3 is 15.7 Å². The maximum absolute atomic E-state index is 13.0. The van der Waals surface area contributed by atoms with Crippen molar-refractivity contribution in [1.29, 1.82) is 5.26 Å². The lowest BCUT2D eigenvalue weighted by atomic mass is 10.1. The zero-order valence-electron chi connectivity index (χ0n) is 11.6. The summed E-state index contributed by atoms with van der Waals surface area (Å²) in [6.45, 7) is 0.113. The number of carbonyl (C=O) groups is 1. The zero-order chi connectivity index (χ0) is 15.9. The maximum atomic E-state index is 13.0. The van der Waals surface area contributed by atoms with Crippen molar-refractivity contribution in [1.82, 2.24) is 5.32 Å². The zero-order valence-corrected chi connectivity index (χ0v) is 11.6. The number of amides is 2. The van der Waals surface area contributed by atoms with Gasteiger partial charge in [-0.3, -0.25) is 0 Å². The van der Waals surface area contributed by atoms with Crippen LogP contribution in [0.3, 0.4) is 0 Å². The van der Waals surface area contributed by atoms with Crippen LogP contribution in [0.2, 0.25) is 0 Å². The van der Waals surface area contributed by atoms with Gasteiger partial charge in [0, 0.05) is 6.54 Å². The predicted octanol–water partition coefficient (Wildman–Crippen LogP) is 2.51. The van der Waals surface area contributed by atoms with Crippen LogP contribution >= 0.6 is 0 Å². The van der Waals surface area contributed by atoms with E-state index in [-0.39, 0.29) is 24.4 Å². The van der Waals surface area contributed by atoms with Gasteiger partial charge in [0.25, 0.3) is 0 Å². The van der Waals surface area contributed by atoms with Gasteiger partial charge in [0.2, 0.25) is 0 Å². The van der Waals surface area contributed by atoms with Gasteiger partial charge in [-0.25, -0.2) is 9.18 Å². The molecule has 3 N–H and O–H groups in total. The number of nitrogens with zero attached hydrogens (tertiary/aromatic N) is 1. The van der Waals surface area contributed by atoms with E-state index in [4.69, 9.17) is 5.26 Å². The molecule has 2 aromatic rings. The van der Waals surface area contributed by atoms with Crippen LogP contribution in [-0.2, 0) is 13.2 Å². The van der Waals surface area contributed by atoms with Crippen LogP contribution in [0, 0.1) is 17.1 Å². The van der Waals surface area contributed by atoms with Gasteiger partial charge >= 0.3 is 6.03 Å². The number of aliphatic hydroxyl groups excluding tert-OH is 1. The summed E-state index contributed by atoms with van der Waals surface area (Å²) in [5.74, 6) is -0.542. The van der Waals surface area contributed by atoms with E-state index in [1.807, 2.05) is 12.1 Å². The summed E-state index contributed by atoms with van der Waals surface area (Å²) in [4.78, 5) is 11.9. The SMILES string of the molecule is N#Cc1cc(F)ccc1NC(=O)NCc1ccccc1CO. The van der Waals surface area contributed by atoms with E-state index >= 15 is 0 Å². The molecular formula is C16H14FN3O2. The molecule has 0 unspecified atom stereocenters. The molecule has 22 heavy (non-hydrogen) atoms. The molecule has 0 atom stereocenters. The van der Waals surface area contributed by atoms with Crippen molar-refractivity contribution in [3.05, 3.63) is 65.0 Å². The van der Waals surface area contributed by atoms with Crippen molar-refractivity contribution in [2.45, 2.75) is 13.2 Å². The fourth-order valence-electron chi connectivity index (χ4n) is 1.94. The first-order chi connectivity index (χ1) is 10.6. The summed E-state index contributed by atoms with van der Waals surface area (Å²) < 4.78 is 13.0. The molecule has 6 heteroatoms. The Hall–Kier alpha value is -2.91. The van der Waals surface area contributed by atoms with Crippen molar-refractivity contribution >= 4 is 11.7 Å². The number of urea groups is 1. The third-order valence-corrected chi connectivity index (χ3v) is 3.08. The number of anilines is 1. The highest BCUT2D eigenvalue weighted by Gasteiger charge is 2.08. The summed E-state index contributed by atoms with van der Waals surface area (Å²) in [6.07, 6.45) is 0. The molecule has 0 aliphatic heterocycles. The van der Waals surface area contributed by atoms with Crippen molar-refractivity contribution in [2.24, 2.45) is 0 Å². The lowest BCUT2D eigenvalue weighted by molar-refractivity contribution is 0.251. The molecule has 0 saturated heterocycles. The molecule has 112 valence electrons. The smallest absolute Gasteiger partial charge is 0.319 e. The van der Waals surface area contributed by atoms with Gasteiger partial charge in [0.05, 0.1) is 17.9 Å². The van der Waals surface area contributed by atoms with Crippen molar-refractivity contribution in [3.63, 3.8) is 0 Å². The normalized spacial score (nSPS) is 9.86. The molecule has 0 aliphatic rings. The number of benzene rings is 2. The van der Waals surface area contributed by atoms with Crippen LogP contribution in [0.1, 0.15) is 16.7 Å². The van der Waals surface area contributed by atoms with E-state index in [0.29, 0.717) is 0 Å². The summed E-state index contributed by atoms with van der Waals surface area (Å²) in [5, 5.41) is 23.2. The topological polar surface area (TPSA) is 85.2 Å². The first-order valence-corrected chi connectivity index (χ1v) is 6.56. The Morgan fingerprint density at radius 1 is 1.23 bits per heavy atom. The fraction of sp³-hybridized carbons (Fsp3) is 0.125. The molecule has 0 heterocycles. The molecule has 2 aromatic carbocycles. The van der Waals surface area contributed by atoms with Crippen LogP contribution < -0.4 is 10.6 Å². The van der Waals surface area contributed by atoms with Gasteiger partial charge in [0.15, 0.2) is 0 Å². The highest BCUT2D eigenvalue weighted by molar-refractivity contribution is 5.90. The minimum absolute atomic E-state index is 0.0471. The number of carbonyl (C=O) groups excluding carboxylic acids is 1. The standard InChI is InChI=1S/C16H14FN3O2/c17-14-5-6-15(13(7-14)8-18)20-16(22)19-9-11-3-1-2-4-12(11)10-21/h1-7,21H,9-10H2,(H2,19,20,22). The van der Waals surface area contributed by atoms with Gasteiger partial charge in [-0.1, -0.05) is 24.3 Å². The van der Waals surface area contributed by atoms with Crippen molar-refractivity contribution < 1.29 is 14.3 Å². The largest absolute Gasteiger partial charge is 0.392 e. The Labute approximate surface area is 127 Å². The fourth-order valence-corrected chi connectivity index (χ4v) is 1.94. The quantitative estimate of drug-likeness (QED) is 0.811. The number of rotatable bonds is 4. The molecule has 0 saturated carbocycles. The summed E-state index contributed by atoms with van der Waals surface area (Å²) in [5.41, 5.74) is 1.80. The molecule has 5 nitrogen and oxygen atoms in total. The number of nitriles is 1. The minimum atomic E-state index is -0.542. The minimum Gasteiger partial charge on any atom is -0.392 e. The highest BCUT2D eigenvalue weighted by atomic mass is 19.1. The predicted molar refractivity (Wildman–Crippen MR) is 79.3 cm³/mol. The van der Waals surface area contributed by atoms with Crippen LogP contribution in [0.4, 0.5) is 14.9 Å². The summed E-state index contributed by atoms with van der Waals surface area (Å²) in [6, 6.07) is 12.0. The Morgan fingerprint density at radius 2 is 1.95 bits per heavy atom. The molecule has 0 aromatic heterocycles. The summed E-state index contributed by atoms with van der Waals surface area (Å²) >= 11 is 0. The molecule has 0 aliphatic carbocycles. The molecule has 0 fully saturated rings. The highest BCUT2D eigenvalue weighted by Crippen LogP contribution is 2.16. The lowest BCUT2D eigenvalue weighted by Gasteiger charge is -2.11. The maximum Gasteiger partial charge on any atom is 0.319 e. The molecule has 0 spiro atoms. The average molecular weight is 299 g/mol. The second-order valence-electron chi connectivity index (χ2n) is 4.54. The van der Waals surface area contributed by atoms with Gasteiger partial charge in [-0.15, -0.1) is 0 Å². The Balaban J connectivity index is 2.01. The molecular weight excluding hydrogens is 285 g/mol. The van der Waals surface area contributed by atoms with Crippen molar-refractivity contribution in [3.8, 4) is 6.07 Å². The molecule has 0 bridgehead atoms. The van der Waals surface area contributed by atoms with E-state index in [1.165, 1.54) is 6.07 Å². The van der Waals surface area contributed by atoms with Crippen LogP contribution in [0.15, 0.2) is 42.5 Å². The van der Waals surface area contributed by atoms with Crippen molar-refractivity contribution in [2.75, 3.05) is 5.32 Å². The second kappa shape index (κ2) is 7.20. The van der Waals surface area contributed by atoms with E-state index in [2.05, 4.69) is 10.6 Å². The third kappa shape index (κ3) is 3.81. The van der Waals surface area contributed by atoms with E-state index in [9.17, 15) is 14.3 Å². The average Bonchev–Trinajstić information content (AvgIpc) is 2.54.